The molecule has 10 radical (unpaired) electrons. The molecule has 2 aliphatic rings. The van der Waals surface area contributed by atoms with Crippen LogP contribution < -0.4 is 0 Å². The summed E-state index contributed by atoms with van der Waals surface area (Å²) in [6.45, 7) is 8.58. The molecule has 0 aromatic heterocycles. The van der Waals surface area contributed by atoms with Crippen LogP contribution in [0.5, 0.6) is 0 Å². The first-order valence-electron chi connectivity index (χ1n) is 4.69. The fourth-order valence-corrected chi connectivity index (χ4v) is 2.79. The monoisotopic (exact) mass is 278 g/mol. The van der Waals surface area contributed by atoms with Gasteiger partial charge in [-0.05, 0) is 48.3 Å². The van der Waals surface area contributed by atoms with E-state index >= 15 is 0 Å². The summed E-state index contributed by atoms with van der Waals surface area (Å²) in [6.07, 6.45) is 8.87. The molecule has 0 amide bonds. The van der Waals surface area contributed by atoms with Crippen LogP contribution in [0.3, 0.4) is 0 Å². The van der Waals surface area contributed by atoms with Crippen molar-refractivity contribution in [1.82, 2.24) is 0 Å². The molecular formula is C12H16FeP2. The van der Waals surface area contributed by atoms with E-state index in [2.05, 4.69) is 52.3 Å². The van der Waals surface area contributed by atoms with E-state index < -0.39 is 0 Å². The number of hydrogen-bond donors (Lipinski definition) is 0. The summed E-state index contributed by atoms with van der Waals surface area (Å²) in [5, 5.41) is 0. The van der Waals surface area contributed by atoms with Gasteiger partial charge in [0.15, 0.2) is 0 Å². The van der Waals surface area contributed by atoms with Crippen LogP contribution in [0.2, 0.25) is 0 Å². The van der Waals surface area contributed by atoms with Crippen LogP contribution in [0.1, 0.15) is 27.7 Å². The zero-order valence-corrected chi connectivity index (χ0v) is 12.5. The molecule has 82 valence electrons. The van der Waals surface area contributed by atoms with Crippen molar-refractivity contribution in [2.75, 3.05) is 0 Å². The molecule has 0 N–H and O–H groups in total. The summed E-state index contributed by atoms with van der Waals surface area (Å²) in [6, 6.07) is 0. The van der Waals surface area contributed by atoms with Gasteiger partial charge in [0, 0.05) is 17.1 Å². The van der Waals surface area contributed by atoms with Gasteiger partial charge in [0.2, 0.25) is 0 Å². The van der Waals surface area contributed by atoms with Crippen LogP contribution in [-0.4, -0.2) is 0 Å². The van der Waals surface area contributed by atoms with Gasteiger partial charge in [0.05, 0.1) is 0 Å². The van der Waals surface area contributed by atoms with Crippen molar-refractivity contribution in [2.45, 2.75) is 27.7 Å². The van der Waals surface area contributed by atoms with E-state index in [-0.39, 0.29) is 17.1 Å². The van der Waals surface area contributed by atoms with Gasteiger partial charge >= 0.3 is 0 Å². The third-order valence-corrected chi connectivity index (χ3v) is 4.46. The van der Waals surface area contributed by atoms with Gasteiger partial charge in [-0.3, -0.25) is 0 Å². The van der Waals surface area contributed by atoms with E-state index in [4.69, 9.17) is 0 Å². The molecule has 2 fully saturated rings. The Morgan fingerprint density at radius 1 is 0.600 bits per heavy atom. The summed E-state index contributed by atoms with van der Waals surface area (Å²) in [5.41, 5.74) is 0. The van der Waals surface area contributed by atoms with Gasteiger partial charge in [-0.1, -0.05) is 44.9 Å². The first-order valence-corrected chi connectivity index (χ1v) is 6.75. The van der Waals surface area contributed by atoms with E-state index in [9.17, 15) is 0 Å². The molecule has 2 saturated heterocycles. The minimum atomic E-state index is 0. The molecule has 15 heavy (non-hydrogen) atoms. The molecule has 2 rings (SSSR count). The first kappa shape index (κ1) is 16.4. The molecule has 0 aliphatic carbocycles. The van der Waals surface area contributed by atoms with Crippen molar-refractivity contribution in [3.05, 3.63) is 48.3 Å². The molecule has 0 atom stereocenters. The molecule has 0 saturated carbocycles. The zero-order valence-electron chi connectivity index (χ0n) is 9.56. The van der Waals surface area contributed by atoms with Crippen LogP contribution in [0.15, 0.2) is 0 Å². The van der Waals surface area contributed by atoms with Crippen LogP contribution in [0, 0.1) is 48.3 Å². The summed E-state index contributed by atoms with van der Waals surface area (Å²) >= 11 is 0. The standard InChI is InChI=1S/2C6H8P.Fe/c2*1-5-3-7-4-6(5)2;/h2*3-4H,1-2H3;. The van der Waals surface area contributed by atoms with Crippen molar-refractivity contribution >= 4 is 17.2 Å². The molecule has 0 aromatic carbocycles. The topological polar surface area (TPSA) is 0 Å². The number of hydrogen-bond acceptors (Lipinski definition) is 0. The molecule has 3 heteroatoms. The summed E-state index contributed by atoms with van der Waals surface area (Å²) in [5.74, 6) is 5.73. The van der Waals surface area contributed by atoms with Gasteiger partial charge in [-0.2, -0.15) is 0 Å². The quantitative estimate of drug-likeness (QED) is 0.436. The number of rotatable bonds is 0. The Balaban J connectivity index is 0.000000245. The second-order valence-corrected chi connectivity index (χ2v) is 5.18. The average Bonchev–Trinajstić information content (AvgIpc) is 2.67. The first-order chi connectivity index (χ1) is 6.61. The van der Waals surface area contributed by atoms with Gasteiger partial charge in [-0.25, -0.2) is 0 Å². The van der Waals surface area contributed by atoms with Gasteiger partial charge in [0.1, 0.15) is 0 Å². The van der Waals surface area contributed by atoms with E-state index in [1.165, 1.54) is 40.8 Å². The van der Waals surface area contributed by atoms with Gasteiger partial charge in [0.25, 0.3) is 0 Å². The predicted molar refractivity (Wildman–Crippen MR) is 66.7 cm³/mol. The van der Waals surface area contributed by atoms with Gasteiger partial charge < -0.3 is 0 Å². The van der Waals surface area contributed by atoms with Crippen molar-refractivity contribution in [1.29, 1.82) is 0 Å². The predicted octanol–water partition coefficient (Wildman–Crippen LogP) is 4.91. The van der Waals surface area contributed by atoms with Crippen molar-refractivity contribution in [3.63, 3.8) is 0 Å². The van der Waals surface area contributed by atoms with E-state index in [0.717, 1.165) is 0 Å². The van der Waals surface area contributed by atoms with Crippen LogP contribution in [0.4, 0.5) is 0 Å². The molecule has 0 aromatic rings. The van der Waals surface area contributed by atoms with Crippen LogP contribution in [-0.2, 0) is 17.1 Å². The maximum absolute atomic E-state index is 2.22. The normalized spacial score (nSPS) is 24.8. The van der Waals surface area contributed by atoms with Crippen molar-refractivity contribution < 1.29 is 17.1 Å². The van der Waals surface area contributed by atoms with E-state index in [1.54, 1.807) is 0 Å². The van der Waals surface area contributed by atoms with Gasteiger partial charge in [-0.15, -0.1) is 0 Å². The van der Waals surface area contributed by atoms with Crippen molar-refractivity contribution in [3.8, 4) is 0 Å². The summed E-state index contributed by atoms with van der Waals surface area (Å²) in [7, 11) is 2.71. The largest absolute Gasteiger partial charge is 0.0715 e. The Bertz CT molecular complexity index is 130. The molecule has 0 bridgehead atoms. The summed E-state index contributed by atoms with van der Waals surface area (Å²) < 4.78 is 0. The minimum Gasteiger partial charge on any atom is -0.0715 e. The third kappa shape index (κ3) is 6.02. The molecule has 0 nitrogen and oxygen atoms in total. The molecular weight excluding hydrogens is 262 g/mol. The second-order valence-electron chi connectivity index (χ2n) is 3.55. The fraction of sp³-hybridized carbons (Fsp3) is 0.333. The maximum Gasteiger partial charge on any atom is 0 e. The molecule has 0 unspecified atom stereocenters. The Morgan fingerprint density at radius 3 is 0.867 bits per heavy atom. The Hall–Kier alpha value is 1.38. The van der Waals surface area contributed by atoms with Crippen LogP contribution >= 0.6 is 17.2 Å². The maximum atomic E-state index is 2.22. The fourth-order valence-electron chi connectivity index (χ4n) is 0.929. The van der Waals surface area contributed by atoms with E-state index in [0.29, 0.717) is 0 Å². The SMILES string of the molecule is C[C]1[CH][P][CH][C]1C.C[C]1[CH][P][CH][C]1C.[Fe]. The molecule has 2 heterocycles. The Morgan fingerprint density at radius 2 is 0.800 bits per heavy atom. The van der Waals surface area contributed by atoms with Crippen LogP contribution in [0.25, 0.3) is 0 Å². The van der Waals surface area contributed by atoms with Crippen molar-refractivity contribution in [2.24, 2.45) is 0 Å². The second kappa shape index (κ2) is 8.47. The summed E-state index contributed by atoms with van der Waals surface area (Å²) in [4.78, 5) is 0. The zero-order chi connectivity index (χ0) is 10.6. The minimum absolute atomic E-state index is 0. The van der Waals surface area contributed by atoms with E-state index in [1.807, 2.05) is 0 Å². The third-order valence-electron chi connectivity index (χ3n) is 2.32. The Labute approximate surface area is 110 Å². The Kier molecular flexibility index (Phi) is 9.25. The molecule has 0 spiro atoms. The molecule has 2 aliphatic heterocycles. The smallest absolute Gasteiger partial charge is 0 e. The average molecular weight is 278 g/mol.